The maximum atomic E-state index is 11.9. The van der Waals surface area contributed by atoms with E-state index in [1.807, 2.05) is 0 Å². The van der Waals surface area contributed by atoms with Crippen LogP contribution in [0.4, 0.5) is 13.2 Å². The molecule has 0 aliphatic rings. The Morgan fingerprint density at radius 2 is 1.31 bits per heavy atom. The van der Waals surface area contributed by atoms with Crippen molar-refractivity contribution in [3.8, 4) is 0 Å². The van der Waals surface area contributed by atoms with Crippen LogP contribution in [0.3, 0.4) is 0 Å². The Morgan fingerprint density at radius 1 is 1.00 bits per heavy atom. The molecule has 0 radical (unpaired) electrons. The summed E-state index contributed by atoms with van der Waals surface area (Å²) in [6.07, 6.45) is -0.135. The Hall–Kier alpha value is -0.440. The van der Waals surface area contributed by atoms with Gasteiger partial charge in [-0.25, -0.2) is 16.8 Å². The van der Waals surface area contributed by atoms with E-state index in [-0.39, 0.29) is 6.26 Å². The van der Waals surface area contributed by atoms with Crippen molar-refractivity contribution in [2.45, 2.75) is 5.51 Å². The summed E-state index contributed by atoms with van der Waals surface area (Å²) >= 11 is 0. The predicted octanol–water partition coefficient (Wildman–Crippen LogP) is -1.10. The minimum Gasteiger partial charge on any atom is -0.272 e. The zero-order chi connectivity index (χ0) is 13.6. The molecule has 0 heterocycles. The third-order valence-corrected chi connectivity index (χ3v) is 6.78. The Balaban J connectivity index is 6.22. The van der Waals surface area contributed by atoms with Crippen molar-refractivity contribution in [3.05, 3.63) is 0 Å². The van der Waals surface area contributed by atoms with Gasteiger partial charge in [-0.3, -0.25) is 4.55 Å². The molecule has 0 atom stereocenters. The van der Waals surface area contributed by atoms with Crippen LogP contribution < -0.4 is 0 Å². The first-order valence-electron chi connectivity index (χ1n) is 2.91. The van der Waals surface area contributed by atoms with Crippen LogP contribution in [0.25, 0.3) is 0 Å². The fraction of sp³-hybridized carbons (Fsp3) is 1.00. The highest BCUT2D eigenvalue weighted by Gasteiger charge is 2.58. The Bertz CT molecular complexity index is 535. The van der Waals surface area contributed by atoms with Crippen LogP contribution in [-0.2, 0) is 30.4 Å². The molecule has 0 fully saturated rings. The lowest BCUT2D eigenvalue weighted by Gasteiger charge is -2.17. The average molecular weight is 307 g/mol. The van der Waals surface area contributed by atoms with Crippen molar-refractivity contribution >= 4 is 30.4 Å². The zero-order valence-corrected chi connectivity index (χ0v) is 9.65. The Labute approximate surface area is 88.6 Å². The maximum Gasteiger partial charge on any atom is 0.513 e. The summed E-state index contributed by atoms with van der Waals surface area (Å²) in [6, 6.07) is 0. The van der Waals surface area contributed by atoms with Gasteiger partial charge in [0, 0.05) is 3.12 Å². The quantitative estimate of drug-likeness (QED) is 0.656. The van der Waals surface area contributed by atoms with Crippen LogP contribution in [0.1, 0.15) is 0 Å². The normalized spacial score (nSPS) is 15.4. The molecule has 14 heteroatoms. The van der Waals surface area contributed by atoms with Gasteiger partial charge in [0.2, 0.25) is 10.0 Å². The van der Waals surface area contributed by atoms with Gasteiger partial charge in [-0.2, -0.15) is 21.6 Å². The molecule has 0 bridgehead atoms. The van der Waals surface area contributed by atoms with Gasteiger partial charge >= 0.3 is 25.8 Å². The molecule has 1 N–H and O–H groups in total. The van der Waals surface area contributed by atoms with Crippen LogP contribution >= 0.6 is 0 Å². The topological polar surface area (TPSA) is 126 Å². The van der Waals surface area contributed by atoms with Crippen molar-refractivity contribution in [1.82, 2.24) is 3.12 Å². The van der Waals surface area contributed by atoms with Gasteiger partial charge in [0.15, 0.2) is 0 Å². The van der Waals surface area contributed by atoms with E-state index in [0.717, 1.165) is 0 Å². The smallest absolute Gasteiger partial charge is 0.272 e. The van der Waals surface area contributed by atoms with Crippen molar-refractivity contribution in [3.63, 3.8) is 0 Å². The van der Waals surface area contributed by atoms with Crippen LogP contribution in [0, 0.1) is 0 Å². The number of alkyl halides is 3. The number of hydrogen-bond donors (Lipinski definition) is 1. The fourth-order valence-electron chi connectivity index (χ4n) is 0.558. The monoisotopic (exact) mass is 307 g/mol. The third-order valence-electron chi connectivity index (χ3n) is 0.948. The van der Waals surface area contributed by atoms with Gasteiger partial charge in [-0.15, -0.1) is 0 Å². The van der Waals surface area contributed by atoms with E-state index in [1.165, 1.54) is 0 Å². The molecule has 0 saturated heterocycles. The van der Waals surface area contributed by atoms with Crippen LogP contribution in [0.15, 0.2) is 0 Å². The van der Waals surface area contributed by atoms with Gasteiger partial charge in [-0.1, -0.05) is 0 Å². The van der Waals surface area contributed by atoms with Gasteiger partial charge < -0.3 is 0 Å². The Morgan fingerprint density at radius 3 is 1.38 bits per heavy atom. The molecular formula is C2H4F3NO7S3. The summed E-state index contributed by atoms with van der Waals surface area (Å²) in [5.41, 5.74) is -6.19. The number of halogens is 3. The summed E-state index contributed by atoms with van der Waals surface area (Å²) in [6.45, 7) is 0. The van der Waals surface area contributed by atoms with E-state index in [4.69, 9.17) is 4.55 Å². The largest absolute Gasteiger partial charge is 0.513 e. The summed E-state index contributed by atoms with van der Waals surface area (Å²) in [5.74, 6) is 0. The van der Waals surface area contributed by atoms with E-state index in [1.54, 1.807) is 0 Å². The van der Waals surface area contributed by atoms with Gasteiger partial charge in [0.25, 0.3) is 0 Å². The second-order valence-electron chi connectivity index (χ2n) is 2.33. The molecule has 0 amide bonds. The molecule has 0 unspecified atom stereocenters. The summed E-state index contributed by atoms with van der Waals surface area (Å²) in [5, 5.41) is 0. The maximum absolute atomic E-state index is 11.9. The average Bonchev–Trinajstić information content (AvgIpc) is 1.72. The third kappa shape index (κ3) is 3.03. The highest BCUT2D eigenvalue weighted by atomic mass is 32.3. The first-order chi connectivity index (χ1) is 6.62. The first kappa shape index (κ1) is 15.6. The molecule has 0 aliphatic heterocycles. The molecule has 0 spiro atoms. The molecule has 0 aromatic carbocycles. The molecule has 0 saturated carbocycles. The lowest BCUT2D eigenvalue weighted by molar-refractivity contribution is -0.0458. The van der Waals surface area contributed by atoms with Crippen molar-refractivity contribution in [1.29, 1.82) is 0 Å². The van der Waals surface area contributed by atoms with Gasteiger partial charge in [0.1, 0.15) is 0 Å². The number of rotatable bonds is 3. The summed E-state index contributed by atoms with van der Waals surface area (Å²) < 4.78 is 105. The molecule has 98 valence electrons. The molecule has 0 rings (SSSR count). The Kier molecular flexibility index (Phi) is 3.69. The molecule has 0 aliphatic carbocycles. The van der Waals surface area contributed by atoms with Gasteiger partial charge in [-0.05, 0) is 0 Å². The lowest BCUT2D eigenvalue weighted by Crippen LogP contribution is -2.46. The van der Waals surface area contributed by atoms with E-state index in [2.05, 4.69) is 0 Å². The highest BCUT2D eigenvalue weighted by Crippen LogP contribution is 2.29. The predicted molar refractivity (Wildman–Crippen MR) is 43.2 cm³/mol. The minimum atomic E-state index is -6.75. The standard InChI is InChI=1S/C2H4F3NO7S3/c1-14(7,8)6(16(11,12)13)15(9,10)2(3,4)5/h1H3,(H,11,12,13). The van der Waals surface area contributed by atoms with Crippen molar-refractivity contribution in [2.75, 3.05) is 6.26 Å². The highest BCUT2D eigenvalue weighted by molar-refractivity contribution is 8.16. The number of sulfonamides is 2. The fourth-order valence-corrected chi connectivity index (χ4v) is 5.02. The molecular weight excluding hydrogens is 303 g/mol. The van der Waals surface area contributed by atoms with Crippen molar-refractivity contribution in [2.24, 2.45) is 0 Å². The van der Waals surface area contributed by atoms with E-state index < -0.39 is 39.0 Å². The minimum absolute atomic E-state index is 0.135. The van der Waals surface area contributed by atoms with Crippen molar-refractivity contribution < 1.29 is 43.0 Å². The van der Waals surface area contributed by atoms with Crippen LogP contribution in [-0.4, -0.2) is 44.7 Å². The lowest BCUT2D eigenvalue weighted by atomic mass is 11.6. The molecule has 16 heavy (non-hydrogen) atoms. The van der Waals surface area contributed by atoms with E-state index in [0.29, 0.717) is 0 Å². The summed E-state index contributed by atoms with van der Waals surface area (Å²) in [7, 11) is -18.2. The molecule has 8 nitrogen and oxygen atoms in total. The molecule has 0 aromatic heterocycles. The van der Waals surface area contributed by atoms with E-state index >= 15 is 0 Å². The summed E-state index contributed by atoms with van der Waals surface area (Å²) in [4.78, 5) is 0. The zero-order valence-electron chi connectivity index (χ0n) is 7.20. The first-order valence-corrected chi connectivity index (χ1v) is 7.59. The SMILES string of the molecule is CS(=O)(=O)N(S(=O)(=O)O)S(=O)(=O)C(F)(F)F. The second-order valence-corrected chi connectivity index (χ2v) is 7.89. The second kappa shape index (κ2) is 3.80. The van der Waals surface area contributed by atoms with E-state index in [9.17, 15) is 38.4 Å². The molecule has 0 aromatic rings. The van der Waals surface area contributed by atoms with Crippen LogP contribution in [0.2, 0.25) is 0 Å². The number of nitrogens with zero attached hydrogens (tertiary/aromatic N) is 1. The van der Waals surface area contributed by atoms with Gasteiger partial charge in [0.05, 0.1) is 6.26 Å². The number of hydrogen-bond acceptors (Lipinski definition) is 6. The van der Waals surface area contributed by atoms with Crippen LogP contribution in [0.5, 0.6) is 0 Å².